The zero-order valence-electron chi connectivity index (χ0n) is 8.26. The summed E-state index contributed by atoms with van der Waals surface area (Å²) in [5.41, 5.74) is 0.611. The summed E-state index contributed by atoms with van der Waals surface area (Å²) in [6, 6.07) is 4.16. The second-order valence-corrected chi connectivity index (χ2v) is 4.07. The van der Waals surface area contributed by atoms with Gasteiger partial charge in [0.05, 0.1) is 5.02 Å². The molecule has 0 bridgehead atoms. The van der Waals surface area contributed by atoms with E-state index in [2.05, 4.69) is 0 Å². The van der Waals surface area contributed by atoms with Crippen LogP contribution < -0.4 is 0 Å². The highest BCUT2D eigenvalue weighted by atomic mass is 35.5. The first-order valence-corrected chi connectivity index (χ1v) is 5.35. The van der Waals surface area contributed by atoms with E-state index in [9.17, 15) is 4.39 Å². The predicted molar refractivity (Wildman–Crippen MR) is 59.0 cm³/mol. The molecule has 0 spiro atoms. The maximum atomic E-state index is 12.8. The first kappa shape index (κ1) is 10.4. The van der Waals surface area contributed by atoms with Crippen molar-refractivity contribution in [3.05, 3.63) is 34.6 Å². The van der Waals surface area contributed by atoms with Gasteiger partial charge in [-0.15, -0.1) is 0 Å². The Bertz CT molecular complexity index is 386. The molecule has 0 aromatic heterocycles. The van der Waals surface area contributed by atoms with E-state index in [0.29, 0.717) is 16.4 Å². The second-order valence-electron chi connectivity index (χ2n) is 3.67. The lowest BCUT2D eigenvalue weighted by atomic mass is 10.2. The van der Waals surface area contributed by atoms with Gasteiger partial charge >= 0.3 is 0 Å². The van der Waals surface area contributed by atoms with Crippen LogP contribution in [0.2, 0.25) is 5.02 Å². The highest BCUT2D eigenvalue weighted by Crippen LogP contribution is 2.21. The molecule has 1 aromatic carbocycles. The van der Waals surface area contributed by atoms with Gasteiger partial charge in [-0.3, -0.25) is 5.41 Å². The molecule has 1 saturated heterocycles. The maximum Gasteiger partial charge on any atom is 0.129 e. The lowest BCUT2D eigenvalue weighted by Crippen LogP contribution is -2.27. The molecular weight excluding hydrogens is 215 g/mol. The minimum atomic E-state index is -0.363. The zero-order chi connectivity index (χ0) is 10.8. The van der Waals surface area contributed by atoms with Crippen LogP contribution in [0.15, 0.2) is 18.2 Å². The van der Waals surface area contributed by atoms with Crippen LogP contribution in [-0.2, 0) is 0 Å². The minimum absolute atomic E-state index is 0.312. The zero-order valence-corrected chi connectivity index (χ0v) is 9.02. The van der Waals surface area contributed by atoms with Crippen molar-refractivity contribution in [3.8, 4) is 0 Å². The molecule has 0 saturated carbocycles. The molecule has 0 unspecified atom stereocenters. The molecule has 0 aliphatic carbocycles. The first-order valence-electron chi connectivity index (χ1n) is 4.97. The maximum absolute atomic E-state index is 12.8. The molecule has 15 heavy (non-hydrogen) atoms. The van der Waals surface area contributed by atoms with Gasteiger partial charge in [-0.1, -0.05) is 11.6 Å². The van der Waals surface area contributed by atoms with Crippen molar-refractivity contribution in [2.45, 2.75) is 12.8 Å². The van der Waals surface area contributed by atoms with Crippen molar-refractivity contribution in [1.29, 1.82) is 5.41 Å². The molecule has 2 nitrogen and oxygen atoms in total. The van der Waals surface area contributed by atoms with Gasteiger partial charge in [0, 0.05) is 18.7 Å². The van der Waals surface area contributed by atoms with Gasteiger partial charge in [-0.25, -0.2) is 4.39 Å². The molecule has 1 aliphatic heterocycles. The van der Waals surface area contributed by atoms with Crippen LogP contribution in [0, 0.1) is 11.2 Å². The fourth-order valence-corrected chi connectivity index (χ4v) is 2.05. The Morgan fingerprint density at radius 1 is 1.33 bits per heavy atom. The molecule has 1 N–H and O–H groups in total. The summed E-state index contributed by atoms with van der Waals surface area (Å²) in [6.45, 7) is 1.79. The van der Waals surface area contributed by atoms with Gasteiger partial charge < -0.3 is 4.90 Å². The molecule has 0 amide bonds. The summed E-state index contributed by atoms with van der Waals surface area (Å²) >= 11 is 5.90. The summed E-state index contributed by atoms with van der Waals surface area (Å²) in [7, 11) is 0. The molecule has 4 heteroatoms. The quantitative estimate of drug-likeness (QED) is 0.579. The number of likely N-dealkylation sites (tertiary alicyclic amines) is 1. The largest absolute Gasteiger partial charge is 0.357 e. The smallest absolute Gasteiger partial charge is 0.129 e. The summed E-state index contributed by atoms with van der Waals surface area (Å²) in [6.07, 6.45) is 2.22. The number of hydrogen-bond donors (Lipinski definition) is 1. The molecule has 1 aromatic rings. The predicted octanol–water partition coefficient (Wildman–Crippen LogP) is 2.90. The van der Waals surface area contributed by atoms with Gasteiger partial charge in [-0.05, 0) is 31.0 Å². The molecule has 2 rings (SSSR count). The highest BCUT2D eigenvalue weighted by molar-refractivity contribution is 6.34. The summed E-state index contributed by atoms with van der Waals surface area (Å²) < 4.78 is 12.8. The van der Waals surface area contributed by atoms with E-state index in [0.717, 1.165) is 25.9 Å². The fraction of sp³-hybridized carbons (Fsp3) is 0.364. The van der Waals surface area contributed by atoms with E-state index in [4.69, 9.17) is 17.0 Å². The van der Waals surface area contributed by atoms with E-state index in [1.54, 1.807) is 6.07 Å². The van der Waals surface area contributed by atoms with Crippen molar-refractivity contribution >= 4 is 17.4 Å². The van der Waals surface area contributed by atoms with Crippen LogP contribution in [0.3, 0.4) is 0 Å². The number of nitrogens with one attached hydrogen (secondary N) is 1. The van der Waals surface area contributed by atoms with Crippen LogP contribution in [0.4, 0.5) is 4.39 Å². The van der Waals surface area contributed by atoms with Crippen LogP contribution in [0.5, 0.6) is 0 Å². The second kappa shape index (κ2) is 4.19. The van der Waals surface area contributed by atoms with Crippen LogP contribution >= 0.6 is 11.6 Å². The first-order chi connectivity index (χ1) is 7.18. The average Bonchev–Trinajstić information content (AvgIpc) is 2.69. The summed E-state index contributed by atoms with van der Waals surface area (Å²) in [5.74, 6) is 0.0375. The minimum Gasteiger partial charge on any atom is -0.357 e. The van der Waals surface area contributed by atoms with E-state index >= 15 is 0 Å². The van der Waals surface area contributed by atoms with Gasteiger partial charge in [0.15, 0.2) is 0 Å². The van der Waals surface area contributed by atoms with Crippen molar-refractivity contribution in [3.63, 3.8) is 0 Å². The Labute approximate surface area is 93.2 Å². The molecule has 1 heterocycles. The van der Waals surface area contributed by atoms with Gasteiger partial charge in [0.2, 0.25) is 0 Å². The average molecular weight is 227 g/mol. The fourth-order valence-electron chi connectivity index (χ4n) is 1.79. The number of nitrogens with zero attached hydrogens (tertiary/aromatic N) is 1. The Hall–Kier alpha value is -1.09. The van der Waals surface area contributed by atoms with E-state index in [-0.39, 0.29) is 5.82 Å². The molecule has 0 atom stereocenters. The molecule has 0 radical (unpaired) electrons. The van der Waals surface area contributed by atoms with Crippen LogP contribution in [0.1, 0.15) is 18.4 Å². The monoisotopic (exact) mass is 226 g/mol. The van der Waals surface area contributed by atoms with Gasteiger partial charge in [0.25, 0.3) is 0 Å². The van der Waals surface area contributed by atoms with Crippen LogP contribution in [0.25, 0.3) is 0 Å². The Balaban J connectivity index is 2.24. The van der Waals surface area contributed by atoms with Crippen molar-refractivity contribution in [1.82, 2.24) is 4.90 Å². The lowest BCUT2D eigenvalue weighted by molar-refractivity contribution is 0.517. The SMILES string of the molecule is N=C(c1ccc(F)cc1Cl)N1CCCC1. The molecule has 1 fully saturated rings. The molecular formula is C11H12ClFN2. The third-order valence-electron chi connectivity index (χ3n) is 2.61. The lowest BCUT2D eigenvalue weighted by Gasteiger charge is -2.19. The topological polar surface area (TPSA) is 27.1 Å². The standard InChI is InChI=1S/C11H12ClFN2/c12-10-7-8(13)3-4-9(10)11(14)15-5-1-2-6-15/h3-4,7,14H,1-2,5-6H2. The Kier molecular flexibility index (Phi) is 2.91. The Morgan fingerprint density at radius 3 is 2.60 bits per heavy atom. The summed E-state index contributed by atoms with van der Waals surface area (Å²) in [5, 5.41) is 8.27. The van der Waals surface area contributed by atoms with Crippen molar-refractivity contribution in [2.24, 2.45) is 0 Å². The van der Waals surface area contributed by atoms with Gasteiger partial charge in [0.1, 0.15) is 11.7 Å². The van der Waals surface area contributed by atoms with Crippen molar-refractivity contribution < 1.29 is 4.39 Å². The van der Waals surface area contributed by atoms with Gasteiger partial charge in [-0.2, -0.15) is 0 Å². The number of hydrogen-bond acceptors (Lipinski definition) is 1. The van der Waals surface area contributed by atoms with E-state index < -0.39 is 0 Å². The van der Waals surface area contributed by atoms with E-state index in [1.165, 1.54) is 12.1 Å². The Morgan fingerprint density at radius 2 is 2.00 bits per heavy atom. The van der Waals surface area contributed by atoms with Crippen LogP contribution in [-0.4, -0.2) is 23.8 Å². The molecule has 80 valence electrons. The van der Waals surface area contributed by atoms with Crippen molar-refractivity contribution in [2.75, 3.05) is 13.1 Å². The number of benzene rings is 1. The summed E-state index contributed by atoms with van der Waals surface area (Å²) in [4.78, 5) is 1.97. The molecule has 1 aliphatic rings. The third-order valence-corrected chi connectivity index (χ3v) is 2.92. The normalized spacial score (nSPS) is 15.7. The third kappa shape index (κ3) is 2.12. The number of rotatable bonds is 1. The number of amidine groups is 1. The highest BCUT2D eigenvalue weighted by Gasteiger charge is 2.18. The number of halogens is 2. The van der Waals surface area contributed by atoms with E-state index in [1.807, 2.05) is 4.90 Å².